The van der Waals surface area contributed by atoms with E-state index in [9.17, 15) is 0 Å². The number of nitrogens with one attached hydrogen (secondary N) is 2. The summed E-state index contributed by atoms with van der Waals surface area (Å²) in [5.41, 5.74) is 4.49. The van der Waals surface area contributed by atoms with Gasteiger partial charge < -0.3 is 10.6 Å². The lowest BCUT2D eigenvalue weighted by atomic mass is 10.3. The van der Waals surface area contributed by atoms with Crippen LogP contribution in [0.4, 0.5) is 22.7 Å². The molecule has 2 atom stereocenters. The summed E-state index contributed by atoms with van der Waals surface area (Å²) in [5, 5.41) is 12.9. The minimum absolute atomic E-state index is 0.812. The molecule has 194 valence electrons. The zero-order chi connectivity index (χ0) is 27.0. The lowest BCUT2D eigenvalue weighted by Crippen LogP contribution is -2.22. The van der Waals surface area contributed by atoms with Crippen molar-refractivity contribution in [1.29, 1.82) is 0 Å². The van der Waals surface area contributed by atoms with Crippen LogP contribution in [0.2, 0.25) is 0 Å². The Balaban J connectivity index is 1.55. The Kier molecular flexibility index (Phi) is 8.30. The largest absolute Gasteiger partial charge is 0.355 e. The number of para-hydroxylation sites is 4. The number of anilines is 4. The lowest BCUT2D eigenvalue weighted by molar-refractivity contribution is 1.57. The molecule has 2 nitrogen and oxygen atoms in total. The van der Waals surface area contributed by atoms with Gasteiger partial charge in [-0.15, -0.1) is 0 Å². The molecular formula is C36H30N2P2. The molecule has 6 rings (SSSR count). The van der Waals surface area contributed by atoms with Crippen LogP contribution < -0.4 is 31.9 Å². The summed E-state index contributed by atoms with van der Waals surface area (Å²) in [6.07, 6.45) is 0. The van der Waals surface area contributed by atoms with E-state index >= 15 is 0 Å². The zero-order valence-electron chi connectivity index (χ0n) is 22.1. The first-order chi connectivity index (χ1) is 19.9. The van der Waals surface area contributed by atoms with Gasteiger partial charge in [-0.3, -0.25) is 0 Å². The molecular weight excluding hydrogens is 522 g/mol. The van der Waals surface area contributed by atoms with Gasteiger partial charge in [0.05, 0.1) is 0 Å². The van der Waals surface area contributed by atoms with Crippen LogP contribution in [0, 0.1) is 0 Å². The lowest BCUT2D eigenvalue weighted by Gasteiger charge is -2.32. The van der Waals surface area contributed by atoms with Gasteiger partial charge in [0, 0.05) is 33.4 Å². The van der Waals surface area contributed by atoms with Crippen molar-refractivity contribution in [3.8, 4) is 0 Å². The van der Waals surface area contributed by atoms with Crippen LogP contribution in [0.1, 0.15) is 0 Å². The second-order valence-electron chi connectivity index (χ2n) is 9.31. The van der Waals surface area contributed by atoms with Gasteiger partial charge in [-0.1, -0.05) is 133 Å². The molecule has 0 heterocycles. The van der Waals surface area contributed by atoms with Crippen molar-refractivity contribution in [3.05, 3.63) is 170 Å². The molecule has 0 aliphatic rings. The van der Waals surface area contributed by atoms with Crippen LogP contribution in [0.5, 0.6) is 0 Å². The summed E-state index contributed by atoms with van der Waals surface area (Å²) >= 11 is 0. The molecule has 40 heavy (non-hydrogen) atoms. The van der Waals surface area contributed by atoms with Crippen LogP contribution in [0.25, 0.3) is 0 Å². The van der Waals surface area contributed by atoms with Gasteiger partial charge in [-0.25, -0.2) is 0 Å². The normalized spacial score (nSPS) is 12.3. The molecule has 0 fully saturated rings. The average molecular weight is 553 g/mol. The van der Waals surface area contributed by atoms with Gasteiger partial charge in [-0.05, 0) is 62.2 Å². The van der Waals surface area contributed by atoms with Crippen LogP contribution >= 0.6 is 15.2 Å². The summed E-state index contributed by atoms with van der Waals surface area (Å²) in [4.78, 5) is 0. The molecule has 0 aliphatic carbocycles. The van der Waals surface area contributed by atoms with E-state index in [2.05, 4.69) is 180 Å². The zero-order valence-corrected chi connectivity index (χ0v) is 23.8. The fourth-order valence-electron chi connectivity index (χ4n) is 4.75. The topological polar surface area (TPSA) is 24.1 Å². The van der Waals surface area contributed by atoms with Gasteiger partial charge in [-0.2, -0.15) is 0 Å². The summed E-state index contributed by atoms with van der Waals surface area (Å²) in [6.45, 7) is 0. The fourth-order valence-corrected chi connectivity index (χ4v) is 12.8. The Morgan fingerprint density at radius 2 is 0.600 bits per heavy atom. The van der Waals surface area contributed by atoms with Crippen molar-refractivity contribution in [2.24, 2.45) is 0 Å². The van der Waals surface area contributed by atoms with Crippen molar-refractivity contribution in [2.75, 3.05) is 10.6 Å². The third kappa shape index (κ3) is 6.00. The van der Waals surface area contributed by atoms with E-state index in [4.69, 9.17) is 0 Å². The smallest absolute Gasteiger partial charge is 0.0469 e. The Bertz CT molecular complexity index is 1520. The molecule has 2 N–H and O–H groups in total. The highest BCUT2D eigenvalue weighted by Crippen LogP contribution is 2.67. The number of hydrogen-bond donors (Lipinski definition) is 2. The van der Waals surface area contributed by atoms with Gasteiger partial charge in [0.1, 0.15) is 0 Å². The molecule has 0 saturated heterocycles. The highest BCUT2D eigenvalue weighted by Gasteiger charge is 2.31. The standard InChI is InChI=1S/C36H30N2P2/c1-5-17-29(18-6-1)37-33-25-13-15-27-35(33)39(31-21-9-3-10-22-31)40(32-23-11-4-12-24-32)36-28-16-14-26-34(36)38-30-19-7-2-8-20-30/h1-28,37-38H. The first-order valence-corrected chi connectivity index (χ1v) is 16.8. The summed E-state index contributed by atoms with van der Waals surface area (Å²) in [7, 11) is -1.62. The van der Waals surface area contributed by atoms with Gasteiger partial charge in [0.15, 0.2) is 0 Å². The van der Waals surface area contributed by atoms with E-state index in [1.165, 1.54) is 21.2 Å². The Morgan fingerprint density at radius 1 is 0.300 bits per heavy atom. The van der Waals surface area contributed by atoms with Crippen molar-refractivity contribution < 1.29 is 0 Å². The number of rotatable bonds is 9. The number of hydrogen-bond acceptors (Lipinski definition) is 2. The maximum atomic E-state index is 3.75. The summed E-state index contributed by atoms with van der Waals surface area (Å²) in [5.74, 6) is 0. The average Bonchev–Trinajstić information content (AvgIpc) is 3.03. The highest BCUT2D eigenvalue weighted by molar-refractivity contribution is 8.41. The quantitative estimate of drug-likeness (QED) is 0.175. The number of benzene rings is 6. The first-order valence-electron chi connectivity index (χ1n) is 13.4. The van der Waals surface area contributed by atoms with Crippen molar-refractivity contribution in [3.63, 3.8) is 0 Å². The van der Waals surface area contributed by atoms with E-state index in [1.54, 1.807) is 0 Å². The van der Waals surface area contributed by atoms with Crippen molar-refractivity contribution in [2.45, 2.75) is 0 Å². The van der Waals surface area contributed by atoms with Gasteiger partial charge >= 0.3 is 0 Å². The van der Waals surface area contributed by atoms with Crippen LogP contribution in [-0.2, 0) is 0 Å². The Morgan fingerprint density at radius 3 is 0.975 bits per heavy atom. The molecule has 6 aromatic rings. The molecule has 0 aliphatic heterocycles. The molecule has 4 heteroatoms. The minimum Gasteiger partial charge on any atom is -0.355 e. The molecule has 0 aromatic heterocycles. The van der Waals surface area contributed by atoms with E-state index in [1.807, 2.05) is 0 Å². The molecule has 0 bridgehead atoms. The third-order valence-electron chi connectivity index (χ3n) is 6.57. The predicted octanol–water partition coefficient (Wildman–Crippen LogP) is 8.65. The third-order valence-corrected chi connectivity index (χ3v) is 14.1. The van der Waals surface area contributed by atoms with Gasteiger partial charge in [0.2, 0.25) is 0 Å². The van der Waals surface area contributed by atoms with Crippen LogP contribution in [0.3, 0.4) is 0 Å². The summed E-state index contributed by atoms with van der Waals surface area (Å²) in [6, 6.07) is 60.7. The Labute approximate surface area is 239 Å². The van der Waals surface area contributed by atoms with E-state index < -0.39 is 15.2 Å². The molecule has 0 saturated carbocycles. The monoisotopic (exact) mass is 552 g/mol. The van der Waals surface area contributed by atoms with Crippen LogP contribution in [-0.4, -0.2) is 0 Å². The SMILES string of the molecule is c1ccc(Nc2ccccc2P(c2ccccc2)P(c2ccccc2)c2ccccc2Nc2ccccc2)cc1. The molecule has 0 radical (unpaired) electrons. The van der Waals surface area contributed by atoms with Gasteiger partial charge in [0.25, 0.3) is 0 Å². The molecule has 6 aromatic carbocycles. The van der Waals surface area contributed by atoms with Crippen molar-refractivity contribution >= 4 is 59.2 Å². The molecule has 0 amide bonds. The van der Waals surface area contributed by atoms with E-state index in [0.29, 0.717) is 0 Å². The minimum atomic E-state index is -0.812. The van der Waals surface area contributed by atoms with Crippen LogP contribution in [0.15, 0.2) is 170 Å². The first kappa shape index (κ1) is 26.0. The maximum Gasteiger partial charge on any atom is 0.0469 e. The predicted molar refractivity (Wildman–Crippen MR) is 178 cm³/mol. The van der Waals surface area contributed by atoms with E-state index in [0.717, 1.165) is 22.7 Å². The maximum absolute atomic E-state index is 3.75. The summed E-state index contributed by atoms with van der Waals surface area (Å²) < 4.78 is 0. The van der Waals surface area contributed by atoms with Crippen molar-refractivity contribution in [1.82, 2.24) is 0 Å². The second kappa shape index (κ2) is 12.8. The highest BCUT2D eigenvalue weighted by atomic mass is 32.1. The fraction of sp³-hybridized carbons (Fsp3) is 0. The molecule has 0 spiro atoms. The Hall–Kier alpha value is -4.22. The van der Waals surface area contributed by atoms with E-state index in [-0.39, 0.29) is 0 Å². The second-order valence-corrected chi connectivity index (χ2v) is 15.0. The molecule has 2 unspecified atom stereocenters.